The molecule has 0 saturated carbocycles. The lowest BCUT2D eigenvalue weighted by Gasteiger charge is -2.17. The molecule has 15 heavy (non-hydrogen) atoms. The molecule has 0 heterocycles. The van der Waals surface area contributed by atoms with Crippen molar-refractivity contribution in [3.8, 4) is 0 Å². The summed E-state index contributed by atoms with van der Waals surface area (Å²) in [5.41, 5.74) is -1.54. The summed E-state index contributed by atoms with van der Waals surface area (Å²) in [6.07, 6.45) is 0. The maximum Gasteiger partial charge on any atom is 0.351 e. The van der Waals surface area contributed by atoms with E-state index >= 15 is 0 Å². The van der Waals surface area contributed by atoms with Crippen LogP contribution in [-0.4, -0.2) is 48.4 Å². The van der Waals surface area contributed by atoms with Crippen molar-refractivity contribution in [3.05, 3.63) is 0 Å². The molecule has 1 atom stereocenters. The number of halogens is 1. The standard InChI is InChI=1S/C10H20FNO2S/c1-4-12(5-2)7-8-15-9(11)10(13)14-6-3/h9H,4-8H2,1-3H3. The molecule has 0 spiro atoms. The van der Waals surface area contributed by atoms with Gasteiger partial charge in [-0.05, 0) is 20.0 Å². The zero-order valence-corrected chi connectivity index (χ0v) is 10.5. The van der Waals surface area contributed by atoms with Crippen LogP contribution in [-0.2, 0) is 9.53 Å². The molecule has 3 nitrogen and oxygen atoms in total. The van der Waals surface area contributed by atoms with E-state index in [4.69, 9.17) is 0 Å². The highest BCUT2D eigenvalue weighted by Gasteiger charge is 2.18. The lowest BCUT2D eigenvalue weighted by Crippen LogP contribution is -2.26. The number of esters is 1. The third-order valence-electron chi connectivity index (χ3n) is 2.04. The van der Waals surface area contributed by atoms with E-state index in [0.29, 0.717) is 5.75 Å². The molecule has 0 bridgehead atoms. The van der Waals surface area contributed by atoms with Gasteiger partial charge in [-0.1, -0.05) is 13.8 Å². The highest BCUT2D eigenvalue weighted by atomic mass is 32.2. The summed E-state index contributed by atoms with van der Waals surface area (Å²) in [5, 5.41) is 0. The van der Waals surface area contributed by atoms with Crippen molar-refractivity contribution in [1.82, 2.24) is 4.90 Å². The van der Waals surface area contributed by atoms with Crippen molar-refractivity contribution in [2.75, 3.05) is 32.0 Å². The Morgan fingerprint density at radius 1 is 1.40 bits per heavy atom. The van der Waals surface area contributed by atoms with Crippen LogP contribution in [0.4, 0.5) is 4.39 Å². The molecule has 0 aromatic heterocycles. The first-order chi connectivity index (χ1) is 7.15. The van der Waals surface area contributed by atoms with Gasteiger partial charge in [0.05, 0.1) is 6.61 Å². The van der Waals surface area contributed by atoms with Crippen molar-refractivity contribution in [3.63, 3.8) is 0 Å². The van der Waals surface area contributed by atoms with Gasteiger partial charge in [0, 0.05) is 12.3 Å². The van der Waals surface area contributed by atoms with E-state index < -0.39 is 11.5 Å². The van der Waals surface area contributed by atoms with Crippen molar-refractivity contribution in [2.24, 2.45) is 0 Å². The average Bonchev–Trinajstić information content (AvgIpc) is 2.24. The number of carbonyl (C=O) groups excluding carboxylic acids is 1. The Balaban J connectivity index is 3.61. The summed E-state index contributed by atoms with van der Waals surface area (Å²) in [5.74, 6) is -0.149. The lowest BCUT2D eigenvalue weighted by molar-refractivity contribution is -0.145. The number of rotatable bonds is 8. The minimum Gasteiger partial charge on any atom is -0.463 e. The second-order valence-electron chi connectivity index (χ2n) is 2.97. The number of hydrogen-bond donors (Lipinski definition) is 0. The minimum absolute atomic E-state index is 0.232. The maximum atomic E-state index is 13.1. The fourth-order valence-corrected chi connectivity index (χ4v) is 1.88. The number of hydrogen-bond acceptors (Lipinski definition) is 4. The molecule has 0 aliphatic carbocycles. The Kier molecular flexibility index (Phi) is 8.80. The normalized spacial score (nSPS) is 12.9. The van der Waals surface area contributed by atoms with E-state index in [2.05, 4.69) is 23.5 Å². The third kappa shape index (κ3) is 6.73. The van der Waals surface area contributed by atoms with Crippen LogP contribution < -0.4 is 0 Å². The van der Waals surface area contributed by atoms with Gasteiger partial charge in [0.25, 0.3) is 0 Å². The van der Waals surface area contributed by atoms with E-state index in [-0.39, 0.29) is 6.61 Å². The predicted octanol–water partition coefficient (Wildman–Crippen LogP) is 1.92. The molecule has 0 fully saturated rings. The molecule has 0 aromatic rings. The number of nitrogens with zero attached hydrogens (tertiary/aromatic N) is 1. The second kappa shape index (κ2) is 8.97. The molecular formula is C10H20FNO2S. The molecule has 0 saturated heterocycles. The number of thioether (sulfide) groups is 1. The zero-order chi connectivity index (χ0) is 11.7. The fraction of sp³-hybridized carbons (Fsp3) is 0.900. The Labute approximate surface area is 95.3 Å². The van der Waals surface area contributed by atoms with Crippen LogP contribution in [0.25, 0.3) is 0 Å². The second-order valence-corrected chi connectivity index (χ2v) is 4.12. The van der Waals surface area contributed by atoms with Crippen molar-refractivity contribution >= 4 is 17.7 Å². The SMILES string of the molecule is CCOC(=O)C(F)SCCN(CC)CC. The quantitative estimate of drug-likeness (QED) is 0.603. The van der Waals surface area contributed by atoms with Crippen LogP contribution >= 0.6 is 11.8 Å². The van der Waals surface area contributed by atoms with Crippen LogP contribution in [0.2, 0.25) is 0 Å². The first-order valence-corrected chi connectivity index (χ1v) is 6.35. The van der Waals surface area contributed by atoms with Gasteiger partial charge in [-0.25, -0.2) is 9.18 Å². The zero-order valence-electron chi connectivity index (χ0n) is 9.66. The molecule has 1 unspecified atom stereocenters. The van der Waals surface area contributed by atoms with Gasteiger partial charge in [0.1, 0.15) is 0 Å². The summed E-state index contributed by atoms with van der Waals surface area (Å²) >= 11 is 1.00. The molecule has 0 radical (unpaired) electrons. The fourth-order valence-electron chi connectivity index (χ4n) is 1.10. The first kappa shape index (κ1) is 14.7. The number of ether oxygens (including phenoxy) is 1. The lowest BCUT2D eigenvalue weighted by atomic mass is 10.5. The molecular weight excluding hydrogens is 217 g/mol. The van der Waals surface area contributed by atoms with E-state index in [1.54, 1.807) is 6.92 Å². The van der Waals surface area contributed by atoms with Gasteiger partial charge in [-0.15, -0.1) is 11.8 Å². The monoisotopic (exact) mass is 237 g/mol. The van der Waals surface area contributed by atoms with E-state index in [9.17, 15) is 9.18 Å². The molecule has 0 rings (SSSR count). The van der Waals surface area contributed by atoms with Crippen molar-refractivity contribution < 1.29 is 13.9 Å². The van der Waals surface area contributed by atoms with Gasteiger partial charge in [-0.3, -0.25) is 0 Å². The van der Waals surface area contributed by atoms with Crippen LogP contribution in [0.3, 0.4) is 0 Å². The van der Waals surface area contributed by atoms with E-state index in [1.807, 2.05) is 0 Å². The molecule has 90 valence electrons. The predicted molar refractivity (Wildman–Crippen MR) is 61.8 cm³/mol. The summed E-state index contributed by atoms with van der Waals surface area (Å²) in [6.45, 7) is 8.73. The summed E-state index contributed by atoms with van der Waals surface area (Å²) < 4.78 is 17.7. The summed E-state index contributed by atoms with van der Waals surface area (Å²) in [4.78, 5) is 13.1. The molecule has 0 aromatic carbocycles. The Hall–Kier alpha value is -0.290. The number of alkyl halides is 1. The van der Waals surface area contributed by atoms with Gasteiger partial charge in [-0.2, -0.15) is 0 Å². The Morgan fingerprint density at radius 2 is 2.00 bits per heavy atom. The molecule has 0 aliphatic rings. The highest BCUT2D eigenvalue weighted by Crippen LogP contribution is 2.14. The molecule has 0 amide bonds. The highest BCUT2D eigenvalue weighted by molar-refractivity contribution is 8.00. The topological polar surface area (TPSA) is 29.5 Å². The first-order valence-electron chi connectivity index (χ1n) is 5.30. The van der Waals surface area contributed by atoms with Crippen molar-refractivity contribution in [2.45, 2.75) is 26.3 Å². The van der Waals surface area contributed by atoms with Gasteiger partial charge in [0.2, 0.25) is 5.50 Å². The van der Waals surface area contributed by atoms with Crippen LogP contribution in [0.1, 0.15) is 20.8 Å². The minimum atomic E-state index is -1.54. The van der Waals surface area contributed by atoms with E-state index in [0.717, 1.165) is 31.4 Å². The molecule has 0 N–H and O–H groups in total. The molecule has 0 aliphatic heterocycles. The third-order valence-corrected chi connectivity index (χ3v) is 2.94. The summed E-state index contributed by atoms with van der Waals surface area (Å²) in [6, 6.07) is 0. The van der Waals surface area contributed by atoms with Crippen LogP contribution in [0.15, 0.2) is 0 Å². The van der Waals surface area contributed by atoms with Crippen LogP contribution in [0, 0.1) is 0 Å². The summed E-state index contributed by atoms with van der Waals surface area (Å²) in [7, 11) is 0. The van der Waals surface area contributed by atoms with Crippen molar-refractivity contribution in [1.29, 1.82) is 0 Å². The smallest absolute Gasteiger partial charge is 0.351 e. The number of carbonyl (C=O) groups is 1. The van der Waals surface area contributed by atoms with E-state index in [1.165, 1.54) is 0 Å². The van der Waals surface area contributed by atoms with Gasteiger partial charge < -0.3 is 9.64 Å². The average molecular weight is 237 g/mol. The molecule has 5 heteroatoms. The largest absolute Gasteiger partial charge is 0.463 e. The Bertz CT molecular complexity index is 177. The maximum absolute atomic E-state index is 13.1. The van der Waals surface area contributed by atoms with Gasteiger partial charge in [0.15, 0.2) is 0 Å². The van der Waals surface area contributed by atoms with Crippen LogP contribution in [0.5, 0.6) is 0 Å². The Morgan fingerprint density at radius 3 is 2.47 bits per heavy atom. The van der Waals surface area contributed by atoms with Gasteiger partial charge >= 0.3 is 5.97 Å².